The average Bonchev–Trinajstić information content (AvgIpc) is 3.41. The monoisotopic (exact) mass is 489 g/mol. The first-order valence-electron chi connectivity index (χ1n) is 10.7. The van der Waals surface area contributed by atoms with Crippen LogP contribution in [0.15, 0.2) is 18.2 Å². The number of ether oxygens (including phenoxy) is 5. The third-order valence-corrected chi connectivity index (χ3v) is 6.34. The number of rotatable bonds is 10. The van der Waals surface area contributed by atoms with Crippen LogP contribution in [0, 0.1) is 0 Å². The van der Waals surface area contributed by atoms with Crippen LogP contribution < -0.4 is 19.5 Å². The topological polar surface area (TPSA) is 109 Å². The standard InChI is InChI=1S/C24H27NO8S/c1-5-32-24(28)22-15-7-6-8-19(15)34-23(22)25-20(26)13-33-21(27)10-9-14-11-17(30-3)18(31-4)12-16(14)29-2/h9-12H,5-8,13H2,1-4H3,(H,25,26)/b10-9-. The summed E-state index contributed by atoms with van der Waals surface area (Å²) in [7, 11) is 4.50. The van der Waals surface area contributed by atoms with Crippen LogP contribution in [0.25, 0.3) is 6.08 Å². The average molecular weight is 490 g/mol. The van der Waals surface area contributed by atoms with Crippen LogP contribution in [0.4, 0.5) is 5.00 Å². The predicted molar refractivity (Wildman–Crippen MR) is 127 cm³/mol. The fourth-order valence-electron chi connectivity index (χ4n) is 3.60. The highest BCUT2D eigenvalue weighted by molar-refractivity contribution is 7.17. The number of carbonyl (C=O) groups excluding carboxylic acids is 3. The van der Waals surface area contributed by atoms with E-state index in [1.807, 2.05) is 0 Å². The van der Waals surface area contributed by atoms with Crippen molar-refractivity contribution < 1.29 is 38.1 Å². The van der Waals surface area contributed by atoms with Crippen molar-refractivity contribution in [3.05, 3.63) is 39.8 Å². The molecule has 1 aromatic heterocycles. The Labute approximate surface area is 201 Å². The summed E-state index contributed by atoms with van der Waals surface area (Å²) in [5.74, 6) is -0.298. The number of methoxy groups -OCH3 is 3. The van der Waals surface area contributed by atoms with Gasteiger partial charge < -0.3 is 29.0 Å². The Bertz CT molecular complexity index is 1100. The Morgan fingerprint density at radius 1 is 1.00 bits per heavy atom. The number of carbonyl (C=O) groups is 3. The molecule has 1 N–H and O–H groups in total. The van der Waals surface area contributed by atoms with E-state index >= 15 is 0 Å². The summed E-state index contributed by atoms with van der Waals surface area (Å²) in [6, 6.07) is 3.29. The van der Waals surface area contributed by atoms with Crippen molar-refractivity contribution in [2.45, 2.75) is 26.2 Å². The second-order valence-corrected chi connectivity index (χ2v) is 8.33. The van der Waals surface area contributed by atoms with Gasteiger partial charge in [-0.2, -0.15) is 0 Å². The Hall–Kier alpha value is -3.53. The van der Waals surface area contributed by atoms with Gasteiger partial charge in [0.05, 0.1) is 33.5 Å². The van der Waals surface area contributed by atoms with E-state index < -0.39 is 24.5 Å². The highest BCUT2D eigenvalue weighted by Crippen LogP contribution is 2.39. The molecule has 0 atom stereocenters. The number of aryl methyl sites for hydroxylation is 1. The number of fused-ring (bicyclic) bond motifs is 1. The smallest absolute Gasteiger partial charge is 0.341 e. The SMILES string of the molecule is CCOC(=O)c1c(NC(=O)COC(=O)/C=C\c2cc(OC)c(OC)cc2OC)sc2c1CCC2. The minimum atomic E-state index is -0.716. The van der Waals surface area contributed by atoms with Crippen LogP contribution >= 0.6 is 11.3 Å². The van der Waals surface area contributed by atoms with Gasteiger partial charge in [-0.15, -0.1) is 11.3 Å². The molecule has 2 aromatic rings. The normalized spacial score (nSPS) is 12.2. The number of hydrogen-bond donors (Lipinski definition) is 1. The lowest BCUT2D eigenvalue weighted by atomic mass is 10.1. The van der Waals surface area contributed by atoms with Gasteiger partial charge in [-0.25, -0.2) is 9.59 Å². The van der Waals surface area contributed by atoms with Crippen molar-refractivity contribution in [2.24, 2.45) is 0 Å². The highest BCUT2D eigenvalue weighted by atomic mass is 32.1. The maximum atomic E-state index is 12.4. The molecule has 0 unspecified atom stereocenters. The van der Waals surface area contributed by atoms with E-state index in [4.69, 9.17) is 23.7 Å². The summed E-state index contributed by atoms with van der Waals surface area (Å²) in [6.07, 6.45) is 5.28. The third-order valence-electron chi connectivity index (χ3n) is 5.13. The molecule has 1 amide bonds. The lowest BCUT2D eigenvalue weighted by Crippen LogP contribution is -2.21. The number of thiophene rings is 1. The maximum Gasteiger partial charge on any atom is 0.341 e. The first kappa shape index (κ1) is 25.1. The number of amides is 1. The molecule has 3 rings (SSSR count). The molecule has 9 nitrogen and oxygen atoms in total. The summed E-state index contributed by atoms with van der Waals surface area (Å²) in [5.41, 5.74) is 1.90. The van der Waals surface area contributed by atoms with Crippen LogP contribution in [-0.2, 0) is 31.9 Å². The van der Waals surface area contributed by atoms with E-state index in [-0.39, 0.29) is 6.61 Å². The van der Waals surface area contributed by atoms with E-state index in [9.17, 15) is 14.4 Å². The second-order valence-electron chi connectivity index (χ2n) is 7.22. The molecule has 182 valence electrons. The largest absolute Gasteiger partial charge is 0.496 e. The van der Waals surface area contributed by atoms with Gasteiger partial charge in [0.25, 0.3) is 5.91 Å². The van der Waals surface area contributed by atoms with Gasteiger partial charge in [0, 0.05) is 22.6 Å². The molecule has 0 radical (unpaired) electrons. The Kier molecular flexibility index (Phi) is 8.53. The number of benzene rings is 1. The minimum absolute atomic E-state index is 0.242. The number of hydrogen-bond acceptors (Lipinski definition) is 9. The fraction of sp³-hybridized carbons (Fsp3) is 0.375. The molecule has 10 heteroatoms. The summed E-state index contributed by atoms with van der Waals surface area (Å²) in [4.78, 5) is 38.0. The highest BCUT2D eigenvalue weighted by Gasteiger charge is 2.28. The van der Waals surface area contributed by atoms with Gasteiger partial charge in [-0.1, -0.05) is 0 Å². The first-order chi connectivity index (χ1) is 16.4. The summed E-state index contributed by atoms with van der Waals surface area (Å²) < 4.78 is 26.0. The maximum absolute atomic E-state index is 12.4. The molecule has 0 saturated heterocycles. The first-order valence-corrected chi connectivity index (χ1v) is 11.5. The van der Waals surface area contributed by atoms with E-state index in [0.29, 0.717) is 33.4 Å². The van der Waals surface area contributed by atoms with E-state index in [0.717, 1.165) is 29.7 Å². The van der Waals surface area contributed by atoms with Crippen molar-refractivity contribution in [2.75, 3.05) is 39.9 Å². The molecule has 0 aliphatic heterocycles. The van der Waals surface area contributed by atoms with Crippen molar-refractivity contribution in [1.82, 2.24) is 0 Å². The van der Waals surface area contributed by atoms with Gasteiger partial charge in [-0.3, -0.25) is 4.79 Å². The van der Waals surface area contributed by atoms with Crippen LogP contribution in [0.5, 0.6) is 17.2 Å². The minimum Gasteiger partial charge on any atom is -0.496 e. The van der Waals surface area contributed by atoms with Gasteiger partial charge in [-0.05, 0) is 43.9 Å². The quantitative estimate of drug-likeness (QED) is 0.398. The Morgan fingerprint density at radius 3 is 2.38 bits per heavy atom. The zero-order valence-corrected chi connectivity index (χ0v) is 20.3. The molecule has 0 bridgehead atoms. The molecule has 0 fully saturated rings. The lowest BCUT2D eigenvalue weighted by molar-refractivity contribution is -0.142. The zero-order chi connectivity index (χ0) is 24.7. The molecule has 0 spiro atoms. The van der Waals surface area contributed by atoms with Gasteiger partial charge >= 0.3 is 11.9 Å². The molecule has 1 aliphatic rings. The van der Waals surface area contributed by atoms with Crippen LogP contribution in [0.2, 0.25) is 0 Å². The lowest BCUT2D eigenvalue weighted by Gasteiger charge is -2.12. The summed E-state index contributed by atoms with van der Waals surface area (Å²) in [5, 5.41) is 3.11. The molecule has 1 aliphatic carbocycles. The molecule has 0 saturated carbocycles. The van der Waals surface area contributed by atoms with Crippen LogP contribution in [0.3, 0.4) is 0 Å². The fourth-order valence-corrected chi connectivity index (χ4v) is 4.89. The zero-order valence-electron chi connectivity index (χ0n) is 19.5. The van der Waals surface area contributed by atoms with E-state index in [2.05, 4.69) is 5.32 Å². The molecule has 1 aromatic carbocycles. The van der Waals surface area contributed by atoms with Crippen molar-refractivity contribution >= 4 is 40.3 Å². The molecular formula is C24H27NO8S. The third kappa shape index (κ3) is 5.69. The molecule has 1 heterocycles. The van der Waals surface area contributed by atoms with Gasteiger partial charge in [0.15, 0.2) is 18.1 Å². The van der Waals surface area contributed by atoms with E-state index in [1.165, 1.54) is 44.8 Å². The summed E-state index contributed by atoms with van der Waals surface area (Å²) in [6.45, 7) is 1.47. The van der Waals surface area contributed by atoms with Crippen molar-refractivity contribution in [3.63, 3.8) is 0 Å². The van der Waals surface area contributed by atoms with Crippen molar-refractivity contribution in [1.29, 1.82) is 0 Å². The number of anilines is 1. The van der Waals surface area contributed by atoms with Crippen LogP contribution in [0.1, 0.15) is 39.7 Å². The van der Waals surface area contributed by atoms with E-state index in [1.54, 1.807) is 19.1 Å². The number of nitrogens with one attached hydrogen (secondary N) is 1. The predicted octanol–water partition coefficient (Wildman–Crippen LogP) is 3.63. The van der Waals surface area contributed by atoms with Gasteiger partial charge in [0.1, 0.15) is 10.8 Å². The molecule has 34 heavy (non-hydrogen) atoms. The van der Waals surface area contributed by atoms with Crippen LogP contribution in [-0.4, -0.2) is 52.4 Å². The Balaban J connectivity index is 1.63. The Morgan fingerprint density at radius 2 is 1.71 bits per heavy atom. The van der Waals surface area contributed by atoms with Crippen molar-refractivity contribution in [3.8, 4) is 17.2 Å². The van der Waals surface area contributed by atoms with Gasteiger partial charge in [0.2, 0.25) is 0 Å². The molecular weight excluding hydrogens is 462 g/mol. The summed E-state index contributed by atoms with van der Waals surface area (Å²) >= 11 is 1.36. The number of esters is 2. The second kappa shape index (κ2) is 11.6.